The molecule has 1 aliphatic rings. The Labute approximate surface area is 101 Å². The molecule has 0 spiro atoms. The van der Waals surface area contributed by atoms with Crippen LogP contribution in [-0.4, -0.2) is 53.8 Å². The van der Waals surface area contributed by atoms with E-state index >= 15 is 0 Å². The second kappa shape index (κ2) is 5.05. The van der Waals surface area contributed by atoms with Gasteiger partial charge in [0.05, 0.1) is 6.54 Å². The average Bonchev–Trinajstić information content (AvgIpc) is 2.28. The van der Waals surface area contributed by atoms with Crippen molar-refractivity contribution in [2.45, 2.75) is 6.18 Å². The molecule has 0 aromatic carbocycles. The van der Waals surface area contributed by atoms with Crippen molar-refractivity contribution in [2.24, 2.45) is 0 Å². The molecule has 1 aromatic rings. The molecule has 0 saturated carbocycles. The maximum atomic E-state index is 12.9. The summed E-state index contributed by atoms with van der Waals surface area (Å²) in [5, 5.41) is 0. The van der Waals surface area contributed by atoms with E-state index in [-0.39, 0.29) is 13.1 Å². The van der Waals surface area contributed by atoms with Crippen molar-refractivity contribution in [3.63, 3.8) is 0 Å². The minimum atomic E-state index is -4.18. The zero-order chi connectivity index (χ0) is 13.2. The van der Waals surface area contributed by atoms with Gasteiger partial charge < -0.3 is 4.90 Å². The zero-order valence-electron chi connectivity index (χ0n) is 9.49. The van der Waals surface area contributed by atoms with Crippen LogP contribution in [0.25, 0.3) is 0 Å². The monoisotopic (exact) mass is 264 g/mol. The molecule has 4 nitrogen and oxygen atoms in total. The van der Waals surface area contributed by atoms with E-state index in [0.29, 0.717) is 18.9 Å². The van der Waals surface area contributed by atoms with E-state index in [0.717, 1.165) is 6.33 Å². The molecule has 2 heterocycles. The van der Waals surface area contributed by atoms with Crippen LogP contribution in [0.4, 0.5) is 23.4 Å². The molecular weight excluding hydrogens is 252 g/mol. The van der Waals surface area contributed by atoms with E-state index < -0.39 is 18.7 Å². The van der Waals surface area contributed by atoms with Crippen LogP contribution >= 0.6 is 0 Å². The van der Waals surface area contributed by atoms with Crippen LogP contribution in [0.5, 0.6) is 0 Å². The Morgan fingerprint density at radius 1 is 1.11 bits per heavy atom. The summed E-state index contributed by atoms with van der Waals surface area (Å²) < 4.78 is 49.4. The van der Waals surface area contributed by atoms with Crippen LogP contribution in [0.1, 0.15) is 0 Å². The van der Waals surface area contributed by atoms with Gasteiger partial charge in [0.2, 0.25) is 5.95 Å². The fourth-order valence-corrected chi connectivity index (χ4v) is 1.89. The predicted octanol–water partition coefficient (Wildman–Crippen LogP) is 1.30. The van der Waals surface area contributed by atoms with E-state index in [1.54, 1.807) is 4.90 Å². The Kier molecular flexibility index (Phi) is 3.65. The van der Waals surface area contributed by atoms with Crippen LogP contribution in [0.2, 0.25) is 0 Å². The van der Waals surface area contributed by atoms with Crippen LogP contribution in [0, 0.1) is 5.95 Å². The molecule has 0 bridgehead atoms. The maximum Gasteiger partial charge on any atom is 0.401 e. The molecule has 0 radical (unpaired) electrons. The maximum absolute atomic E-state index is 12.9. The number of alkyl halides is 3. The third-order valence-corrected chi connectivity index (χ3v) is 2.72. The molecule has 1 fully saturated rings. The van der Waals surface area contributed by atoms with Gasteiger partial charge in [-0.25, -0.2) is 9.97 Å². The lowest BCUT2D eigenvalue weighted by atomic mass is 10.3. The lowest BCUT2D eigenvalue weighted by Gasteiger charge is -2.35. The number of hydrogen-bond acceptors (Lipinski definition) is 4. The van der Waals surface area contributed by atoms with Gasteiger partial charge in [0, 0.05) is 32.2 Å². The van der Waals surface area contributed by atoms with Gasteiger partial charge in [0.25, 0.3) is 0 Å². The Balaban J connectivity index is 1.91. The summed E-state index contributed by atoms with van der Waals surface area (Å²) in [5.41, 5.74) is 0. The Hall–Kier alpha value is -1.44. The molecular formula is C10H12F4N4. The number of halogens is 4. The summed E-state index contributed by atoms with van der Waals surface area (Å²) in [6, 6.07) is 1.18. The lowest BCUT2D eigenvalue weighted by Crippen LogP contribution is -2.49. The van der Waals surface area contributed by atoms with Crippen molar-refractivity contribution < 1.29 is 17.6 Å². The van der Waals surface area contributed by atoms with Crippen LogP contribution in [-0.2, 0) is 0 Å². The molecule has 100 valence electrons. The number of nitrogens with zero attached hydrogens (tertiary/aromatic N) is 4. The van der Waals surface area contributed by atoms with Crippen molar-refractivity contribution >= 4 is 5.82 Å². The summed E-state index contributed by atoms with van der Waals surface area (Å²) in [7, 11) is 0. The van der Waals surface area contributed by atoms with Crippen molar-refractivity contribution in [1.29, 1.82) is 0 Å². The minimum Gasteiger partial charge on any atom is -0.354 e. The van der Waals surface area contributed by atoms with E-state index in [4.69, 9.17) is 0 Å². The summed E-state index contributed by atoms with van der Waals surface area (Å²) in [6.07, 6.45) is -3.07. The zero-order valence-corrected chi connectivity index (χ0v) is 9.49. The summed E-state index contributed by atoms with van der Waals surface area (Å²) >= 11 is 0. The number of hydrogen-bond donors (Lipinski definition) is 0. The molecule has 2 rings (SSSR count). The number of rotatable bonds is 2. The molecule has 0 N–H and O–H groups in total. The molecule has 18 heavy (non-hydrogen) atoms. The van der Waals surface area contributed by atoms with Gasteiger partial charge in [-0.15, -0.1) is 0 Å². The third-order valence-electron chi connectivity index (χ3n) is 2.72. The van der Waals surface area contributed by atoms with E-state index in [2.05, 4.69) is 9.97 Å². The molecule has 1 saturated heterocycles. The lowest BCUT2D eigenvalue weighted by molar-refractivity contribution is -0.146. The normalized spacial score (nSPS) is 18.1. The molecule has 0 unspecified atom stereocenters. The van der Waals surface area contributed by atoms with E-state index in [1.807, 2.05) is 0 Å². The Morgan fingerprint density at radius 3 is 2.33 bits per heavy atom. The standard InChI is InChI=1S/C10H12F4N4/c11-8-5-9(16-7-15-8)18-3-1-17(2-4-18)6-10(12,13)14/h5,7H,1-4,6H2. The molecule has 1 aromatic heterocycles. The molecule has 0 amide bonds. The largest absolute Gasteiger partial charge is 0.401 e. The van der Waals surface area contributed by atoms with Crippen LogP contribution in [0.15, 0.2) is 12.4 Å². The quantitative estimate of drug-likeness (QED) is 0.595. The molecule has 1 aliphatic heterocycles. The van der Waals surface area contributed by atoms with Gasteiger partial charge in [-0.1, -0.05) is 0 Å². The predicted molar refractivity (Wildman–Crippen MR) is 56.7 cm³/mol. The first-order valence-electron chi connectivity index (χ1n) is 5.46. The van der Waals surface area contributed by atoms with Gasteiger partial charge >= 0.3 is 6.18 Å². The Morgan fingerprint density at radius 2 is 1.78 bits per heavy atom. The van der Waals surface area contributed by atoms with E-state index in [1.165, 1.54) is 11.0 Å². The van der Waals surface area contributed by atoms with Crippen molar-refractivity contribution in [2.75, 3.05) is 37.6 Å². The fourth-order valence-electron chi connectivity index (χ4n) is 1.89. The van der Waals surface area contributed by atoms with Crippen molar-refractivity contribution in [1.82, 2.24) is 14.9 Å². The summed E-state index contributed by atoms with van der Waals surface area (Å²) in [4.78, 5) is 10.3. The number of piperazine rings is 1. The second-order valence-electron chi connectivity index (χ2n) is 4.08. The topological polar surface area (TPSA) is 32.3 Å². The minimum absolute atomic E-state index is 0.283. The van der Waals surface area contributed by atoms with Gasteiger partial charge in [-0.2, -0.15) is 17.6 Å². The highest BCUT2D eigenvalue weighted by Gasteiger charge is 2.32. The van der Waals surface area contributed by atoms with Crippen molar-refractivity contribution in [3.8, 4) is 0 Å². The van der Waals surface area contributed by atoms with Gasteiger partial charge in [0.1, 0.15) is 12.1 Å². The Bertz CT molecular complexity index is 401. The molecule has 0 aliphatic carbocycles. The number of aromatic nitrogens is 2. The van der Waals surface area contributed by atoms with Gasteiger partial charge in [0.15, 0.2) is 0 Å². The smallest absolute Gasteiger partial charge is 0.354 e. The van der Waals surface area contributed by atoms with Crippen molar-refractivity contribution in [3.05, 3.63) is 18.3 Å². The SMILES string of the molecule is Fc1cc(N2CCN(CC(F)(F)F)CC2)ncn1. The first-order chi connectivity index (χ1) is 8.44. The van der Waals surface area contributed by atoms with Crippen LogP contribution in [0.3, 0.4) is 0 Å². The van der Waals surface area contributed by atoms with E-state index in [9.17, 15) is 17.6 Å². The first kappa shape index (κ1) is 13.0. The van der Waals surface area contributed by atoms with Crippen LogP contribution < -0.4 is 4.90 Å². The summed E-state index contributed by atoms with van der Waals surface area (Å²) in [6.45, 7) is 0.453. The fraction of sp³-hybridized carbons (Fsp3) is 0.600. The highest BCUT2D eigenvalue weighted by Crippen LogP contribution is 2.19. The van der Waals surface area contributed by atoms with Gasteiger partial charge in [-0.05, 0) is 0 Å². The first-order valence-corrected chi connectivity index (χ1v) is 5.46. The second-order valence-corrected chi connectivity index (χ2v) is 4.08. The number of anilines is 1. The average molecular weight is 264 g/mol. The van der Waals surface area contributed by atoms with Gasteiger partial charge in [-0.3, -0.25) is 4.90 Å². The highest BCUT2D eigenvalue weighted by atomic mass is 19.4. The third kappa shape index (κ3) is 3.52. The molecule has 0 atom stereocenters. The highest BCUT2D eigenvalue weighted by molar-refractivity contribution is 5.37. The summed E-state index contributed by atoms with van der Waals surface area (Å²) in [5.74, 6) is -0.230. The molecule has 8 heteroatoms.